The smallest absolute Gasteiger partial charge is 0.156 e. The van der Waals surface area contributed by atoms with E-state index in [0.717, 1.165) is 24.5 Å². The van der Waals surface area contributed by atoms with E-state index in [1.54, 1.807) is 12.5 Å². The van der Waals surface area contributed by atoms with Crippen LogP contribution in [0.2, 0.25) is 0 Å². The van der Waals surface area contributed by atoms with E-state index in [4.69, 9.17) is 0 Å². The molecule has 2 aromatic rings. The number of nitrogens with zero attached hydrogens (tertiary/aromatic N) is 4. The molecule has 0 aliphatic heterocycles. The molecule has 102 valence electrons. The Morgan fingerprint density at radius 1 is 1.37 bits per heavy atom. The minimum Gasteiger partial charge on any atom is -0.319 e. The van der Waals surface area contributed by atoms with Gasteiger partial charge in [0.05, 0.1) is 5.69 Å². The van der Waals surface area contributed by atoms with E-state index in [0.29, 0.717) is 5.92 Å². The molecule has 0 aliphatic rings. The zero-order valence-corrected chi connectivity index (χ0v) is 12.0. The average Bonchev–Trinajstić information content (AvgIpc) is 2.68. The van der Waals surface area contributed by atoms with E-state index in [1.165, 1.54) is 11.3 Å². The monoisotopic (exact) mass is 259 g/mol. The van der Waals surface area contributed by atoms with Crippen LogP contribution >= 0.6 is 0 Å². The summed E-state index contributed by atoms with van der Waals surface area (Å²) in [6, 6.07) is 1.88. The van der Waals surface area contributed by atoms with Crippen molar-refractivity contribution in [1.82, 2.24) is 25.1 Å². The molecule has 0 amide bonds. The summed E-state index contributed by atoms with van der Waals surface area (Å²) in [5.74, 6) is 1.41. The molecule has 5 heteroatoms. The lowest BCUT2D eigenvalue weighted by Crippen LogP contribution is -2.18. The molecule has 0 aliphatic carbocycles. The highest BCUT2D eigenvalue weighted by Crippen LogP contribution is 2.19. The summed E-state index contributed by atoms with van der Waals surface area (Å²) in [7, 11) is 1.99. The minimum atomic E-state index is 0.588. The average molecular weight is 259 g/mol. The van der Waals surface area contributed by atoms with Gasteiger partial charge in [0.1, 0.15) is 6.33 Å². The van der Waals surface area contributed by atoms with E-state index in [1.807, 2.05) is 17.8 Å². The molecule has 2 heterocycles. The molecule has 0 bridgehead atoms. The molecule has 0 saturated heterocycles. The zero-order valence-electron chi connectivity index (χ0n) is 12.0. The predicted octanol–water partition coefficient (Wildman–Crippen LogP) is 1.68. The zero-order chi connectivity index (χ0) is 13.8. The van der Waals surface area contributed by atoms with Gasteiger partial charge in [-0.15, -0.1) is 0 Å². The maximum atomic E-state index is 4.60. The van der Waals surface area contributed by atoms with Crippen molar-refractivity contribution in [2.75, 3.05) is 13.6 Å². The van der Waals surface area contributed by atoms with E-state index < -0.39 is 0 Å². The van der Waals surface area contributed by atoms with Crippen LogP contribution in [0.25, 0.3) is 5.82 Å². The second kappa shape index (κ2) is 5.93. The Balaban J connectivity index is 2.30. The van der Waals surface area contributed by atoms with Crippen molar-refractivity contribution < 1.29 is 0 Å². The van der Waals surface area contributed by atoms with Crippen LogP contribution in [0.1, 0.15) is 23.9 Å². The lowest BCUT2D eigenvalue weighted by molar-refractivity contribution is 0.539. The van der Waals surface area contributed by atoms with Crippen molar-refractivity contribution >= 4 is 0 Å². The Labute approximate surface area is 114 Å². The summed E-state index contributed by atoms with van der Waals surface area (Å²) in [6.45, 7) is 7.42. The lowest BCUT2D eigenvalue weighted by Gasteiger charge is -2.11. The first-order chi connectivity index (χ1) is 9.13. The SMILES string of the molecule is CNCC(C)Cc1c(C)nn(-c2ccncn2)c1C. The molecule has 2 rings (SSSR count). The highest BCUT2D eigenvalue weighted by Gasteiger charge is 2.15. The van der Waals surface area contributed by atoms with E-state index in [9.17, 15) is 0 Å². The summed E-state index contributed by atoms with van der Waals surface area (Å²) < 4.78 is 1.90. The molecular weight excluding hydrogens is 238 g/mol. The number of nitrogens with one attached hydrogen (secondary N) is 1. The second-order valence-corrected chi connectivity index (χ2v) is 5.00. The molecule has 1 unspecified atom stereocenters. The van der Waals surface area contributed by atoms with Crippen LogP contribution in [0, 0.1) is 19.8 Å². The van der Waals surface area contributed by atoms with Gasteiger partial charge in [-0.1, -0.05) is 6.92 Å². The largest absolute Gasteiger partial charge is 0.319 e. The number of hydrogen-bond donors (Lipinski definition) is 1. The third-order valence-corrected chi connectivity index (χ3v) is 3.33. The maximum absolute atomic E-state index is 4.60. The molecule has 1 N–H and O–H groups in total. The second-order valence-electron chi connectivity index (χ2n) is 5.00. The van der Waals surface area contributed by atoms with Gasteiger partial charge in [0.15, 0.2) is 5.82 Å². The van der Waals surface area contributed by atoms with E-state index in [-0.39, 0.29) is 0 Å². The Morgan fingerprint density at radius 3 is 2.79 bits per heavy atom. The van der Waals surface area contributed by atoms with Gasteiger partial charge in [0, 0.05) is 18.0 Å². The fraction of sp³-hybridized carbons (Fsp3) is 0.500. The Bertz CT molecular complexity index is 532. The van der Waals surface area contributed by atoms with Crippen molar-refractivity contribution in [2.45, 2.75) is 27.2 Å². The topological polar surface area (TPSA) is 55.6 Å². The predicted molar refractivity (Wildman–Crippen MR) is 75.4 cm³/mol. The van der Waals surface area contributed by atoms with Crippen molar-refractivity contribution in [3.63, 3.8) is 0 Å². The highest BCUT2D eigenvalue weighted by molar-refractivity contribution is 5.31. The van der Waals surface area contributed by atoms with Gasteiger partial charge in [0.2, 0.25) is 0 Å². The first kappa shape index (κ1) is 13.7. The van der Waals surface area contributed by atoms with Gasteiger partial charge >= 0.3 is 0 Å². The van der Waals surface area contributed by atoms with Crippen molar-refractivity contribution in [1.29, 1.82) is 0 Å². The number of aromatic nitrogens is 4. The Morgan fingerprint density at radius 2 is 2.16 bits per heavy atom. The first-order valence-corrected chi connectivity index (χ1v) is 6.59. The van der Waals surface area contributed by atoms with Gasteiger partial charge in [-0.3, -0.25) is 0 Å². The number of hydrogen-bond acceptors (Lipinski definition) is 4. The molecule has 0 saturated carbocycles. The normalized spacial score (nSPS) is 12.6. The summed E-state index contributed by atoms with van der Waals surface area (Å²) in [6.07, 6.45) is 4.32. The third kappa shape index (κ3) is 2.98. The van der Waals surface area contributed by atoms with Crippen LogP contribution in [-0.2, 0) is 6.42 Å². The summed E-state index contributed by atoms with van der Waals surface area (Å²) in [5, 5.41) is 7.82. The molecule has 1 atom stereocenters. The quantitative estimate of drug-likeness (QED) is 0.887. The summed E-state index contributed by atoms with van der Waals surface area (Å²) >= 11 is 0. The lowest BCUT2D eigenvalue weighted by atomic mass is 10.00. The van der Waals surface area contributed by atoms with Crippen LogP contribution in [0.3, 0.4) is 0 Å². The van der Waals surface area contributed by atoms with Gasteiger partial charge in [-0.05, 0) is 45.3 Å². The number of aryl methyl sites for hydroxylation is 1. The van der Waals surface area contributed by atoms with Crippen molar-refractivity contribution in [3.05, 3.63) is 35.5 Å². The van der Waals surface area contributed by atoms with Gasteiger partial charge < -0.3 is 5.32 Å². The van der Waals surface area contributed by atoms with Gasteiger partial charge in [-0.2, -0.15) is 5.10 Å². The van der Waals surface area contributed by atoms with E-state index >= 15 is 0 Å². The first-order valence-electron chi connectivity index (χ1n) is 6.59. The van der Waals surface area contributed by atoms with Crippen LogP contribution in [0.4, 0.5) is 0 Å². The van der Waals surface area contributed by atoms with Crippen molar-refractivity contribution in [2.24, 2.45) is 5.92 Å². The molecule has 0 spiro atoms. The fourth-order valence-corrected chi connectivity index (χ4v) is 2.37. The summed E-state index contributed by atoms with van der Waals surface area (Å²) in [4.78, 5) is 8.20. The van der Waals surface area contributed by atoms with Crippen LogP contribution < -0.4 is 5.32 Å². The molecular formula is C14H21N5. The molecule has 5 nitrogen and oxygen atoms in total. The van der Waals surface area contributed by atoms with Crippen LogP contribution in [0.15, 0.2) is 18.6 Å². The summed E-state index contributed by atoms with van der Waals surface area (Å²) in [5.41, 5.74) is 3.57. The number of rotatable bonds is 5. The maximum Gasteiger partial charge on any atom is 0.156 e. The van der Waals surface area contributed by atoms with Crippen LogP contribution in [-0.4, -0.2) is 33.3 Å². The Hall–Kier alpha value is -1.75. The van der Waals surface area contributed by atoms with E-state index in [2.05, 4.69) is 41.2 Å². The standard InChI is InChI=1S/C14H21N5/c1-10(8-15-4)7-13-11(2)18-19(12(13)3)14-5-6-16-9-17-14/h5-6,9-10,15H,7-8H2,1-4H3. The molecule has 19 heavy (non-hydrogen) atoms. The molecule has 0 radical (unpaired) electrons. The fourth-order valence-electron chi connectivity index (χ4n) is 2.37. The highest BCUT2D eigenvalue weighted by atomic mass is 15.3. The molecule has 2 aromatic heterocycles. The van der Waals surface area contributed by atoms with Gasteiger partial charge in [0.25, 0.3) is 0 Å². The molecule has 0 fully saturated rings. The van der Waals surface area contributed by atoms with Gasteiger partial charge in [-0.25, -0.2) is 14.6 Å². The third-order valence-electron chi connectivity index (χ3n) is 3.33. The van der Waals surface area contributed by atoms with Crippen LogP contribution in [0.5, 0.6) is 0 Å². The van der Waals surface area contributed by atoms with Crippen molar-refractivity contribution in [3.8, 4) is 5.82 Å². The minimum absolute atomic E-state index is 0.588. The Kier molecular flexibility index (Phi) is 4.27. The molecule has 0 aromatic carbocycles.